The Bertz CT molecular complexity index is 1220. The van der Waals surface area contributed by atoms with Gasteiger partial charge in [-0.05, 0) is 19.1 Å². The van der Waals surface area contributed by atoms with E-state index in [1.54, 1.807) is 42.0 Å². The fourth-order valence-corrected chi connectivity index (χ4v) is 3.59. The molecule has 10 heteroatoms. The second kappa shape index (κ2) is 6.93. The molecule has 3 heterocycles. The number of amides is 2. The standard InChI is InChI=1S/C18H14ClFN6O2/c1-9(21-7-27)14-17(20)16(19)15(11-4-23-25-18(11)14)10-2-3-13-24-12(22-8-28)6-26(13)5-10/h2-9H,1H3,(H,21,27)(H,22,28)(H,23,25). The first-order valence-electron chi connectivity index (χ1n) is 8.28. The van der Waals surface area contributed by atoms with Gasteiger partial charge < -0.3 is 15.0 Å². The molecular formula is C18H14ClFN6O2. The molecule has 142 valence electrons. The summed E-state index contributed by atoms with van der Waals surface area (Å²) in [5, 5.41) is 12.4. The van der Waals surface area contributed by atoms with Gasteiger partial charge in [-0.1, -0.05) is 11.6 Å². The van der Waals surface area contributed by atoms with Crippen LogP contribution in [0, 0.1) is 5.82 Å². The molecule has 3 N–H and O–H groups in total. The van der Waals surface area contributed by atoms with Crippen molar-refractivity contribution in [1.82, 2.24) is 24.9 Å². The average Bonchev–Trinajstić information content (AvgIpc) is 3.29. The second-order valence-corrected chi connectivity index (χ2v) is 6.53. The minimum absolute atomic E-state index is 0.0749. The molecule has 2 amide bonds. The smallest absolute Gasteiger partial charge is 0.212 e. The number of carbonyl (C=O) groups is 2. The van der Waals surface area contributed by atoms with Gasteiger partial charge in [0.1, 0.15) is 11.5 Å². The van der Waals surface area contributed by atoms with Crippen LogP contribution < -0.4 is 10.6 Å². The summed E-state index contributed by atoms with van der Waals surface area (Å²) in [4.78, 5) is 25.6. The lowest BCUT2D eigenvalue weighted by atomic mass is 9.97. The number of anilines is 1. The van der Waals surface area contributed by atoms with Gasteiger partial charge in [-0.25, -0.2) is 9.37 Å². The predicted octanol–water partition coefficient (Wildman–Crippen LogP) is 3.05. The second-order valence-electron chi connectivity index (χ2n) is 6.15. The highest BCUT2D eigenvalue weighted by molar-refractivity contribution is 6.35. The maximum atomic E-state index is 15.1. The van der Waals surface area contributed by atoms with Crippen molar-refractivity contribution in [1.29, 1.82) is 0 Å². The first kappa shape index (κ1) is 17.9. The van der Waals surface area contributed by atoms with Crippen molar-refractivity contribution in [3.05, 3.63) is 47.1 Å². The summed E-state index contributed by atoms with van der Waals surface area (Å²) in [6.07, 6.45) is 5.97. The number of imidazole rings is 1. The zero-order valence-electron chi connectivity index (χ0n) is 14.5. The van der Waals surface area contributed by atoms with Crippen LogP contribution in [0.4, 0.5) is 10.2 Å². The van der Waals surface area contributed by atoms with E-state index in [0.29, 0.717) is 46.3 Å². The van der Waals surface area contributed by atoms with E-state index in [2.05, 4.69) is 25.8 Å². The summed E-state index contributed by atoms with van der Waals surface area (Å²) >= 11 is 6.40. The maximum Gasteiger partial charge on any atom is 0.212 e. The van der Waals surface area contributed by atoms with E-state index in [0.717, 1.165) is 0 Å². The van der Waals surface area contributed by atoms with Gasteiger partial charge in [0, 0.05) is 28.3 Å². The van der Waals surface area contributed by atoms with Crippen molar-refractivity contribution >= 4 is 46.8 Å². The topological polar surface area (TPSA) is 104 Å². The van der Waals surface area contributed by atoms with E-state index in [9.17, 15) is 9.59 Å². The number of rotatable bonds is 6. The number of hydrogen-bond donors (Lipinski definition) is 3. The molecule has 0 aliphatic heterocycles. The van der Waals surface area contributed by atoms with E-state index < -0.39 is 11.9 Å². The number of nitrogens with one attached hydrogen (secondary N) is 3. The predicted molar refractivity (Wildman–Crippen MR) is 103 cm³/mol. The first-order valence-corrected chi connectivity index (χ1v) is 8.66. The Balaban J connectivity index is 1.94. The quantitative estimate of drug-likeness (QED) is 0.433. The number of aromatic nitrogens is 4. The third-order valence-electron chi connectivity index (χ3n) is 4.52. The van der Waals surface area contributed by atoms with Gasteiger partial charge in [0.25, 0.3) is 0 Å². The molecule has 28 heavy (non-hydrogen) atoms. The van der Waals surface area contributed by atoms with Gasteiger partial charge >= 0.3 is 0 Å². The number of halogens is 2. The van der Waals surface area contributed by atoms with Crippen LogP contribution in [0.1, 0.15) is 18.5 Å². The fraction of sp³-hybridized carbons (Fsp3) is 0.111. The third-order valence-corrected chi connectivity index (χ3v) is 4.88. The summed E-state index contributed by atoms with van der Waals surface area (Å²) < 4.78 is 16.8. The molecule has 1 atom stereocenters. The summed E-state index contributed by atoms with van der Waals surface area (Å²) in [6, 6.07) is 2.89. The van der Waals surface area contributed by atoms with Crippen LogP contribution in [0.2, 0.25) is 5.02 Å². The largest absolute Gasteiger partial charge is 0.352 e. The number of aromatic amines is 1. The van der Waals surface area contributed by atoms with Crippen LogP contribution in [0.5, 0.6) is 0 Å². The number of carbonyl (C=O) groups excluding carboxylic acids is 2. The number of H-pyrrole nitrogens is 1. The van der Waals surface area contributed by atoms with Crippen LogP contribution in [-0.2, 0) is 9.59 Å². The fourth-order valence-electron chi connectivity index (χ4n) is 3.28. The molecule has 8 nitrogen and oxygen atoms in total. The SMILES string of the molecule is CC(NC=O)c1c(F)c(Cl)c(-c2ccc3nc(NC=O)cn3c2)c2cn[nH]c12. The van der Waals surface area contributed by atoms with Gasteiger partial charge in [0.15, 0.2) is 5.82 Å². The summed E-state index contributed by atoms with van der Waals surface area (Å²) in [7, 11) is 0. The molecule has 0 spiro atoms. The monoisotopic (exact) mass is 400 g/mol. The van der Waals surface area contributed by atoms with E-state index in [1.807, 2.05) is 0 Å². The normalized spacial score (nSPS) is 12.2. The van der Waals surface area contributed by atoms with Crippen molar-refractivity contribution in [3.63, 3.8) is 0 Å². The summed E-state index contributed by atoms with van der Waals surface area (Å²) in [5.74, 6) is -0.244. The van der Waals surface area contributed by atoms with Gasteiger partial charge in [0.2, 0.25) is 12.8 Å². The van der Waals surface area contributed by atoms with Gasteiger partial charge in [-0.15, -0.1) is 0 Å². The third kappa shape index (κ3) is 2.76. The van der Waals surface area contributed by atoms with Crippen LogP contribution in [0.25, 0.3) is 27.7 Å². The van der Waals surface area contributed by atoms with Gasteiger partial charge in [-0.3, -0.25) is 14.7 Å². The molecule has 0 aliphatic rings. The van der Waals surface area contributed by atoms with Crippen LogP contribution >= 0.6 is 11.6 Å². The lowest BCUT2D eigenvalue weighted by Crippen LogP contribution is -2.18. The molecule has 4 rings (SSSR count). The van der Waals surface area contributed by atoms with E-state index in [-0.39, 0.29) is 10.6 Å². The van der Waals surface area contributed by atoms with Crippen molar-refractivity contribution in [2.24, 2.45) is 0 Å². The highest BCUT2D eigenvalue weighted by Gasteiger charge is 2.24. The summed E-state index contributed by atoms with van der Waals surface area (Å²) in [5.41, 5.74) is 2.39. The van der Waals surface area contributed by atoms with Crippen molar-refractivity contribution < 1.29 is 14.0 Å². The zero-order valence-corrected chi connectivity index (χ0v) is 15.3. The first-order chi connectivity index (χ1) is 13.5. The Labute approximate surface area is 162 Å². The number of fused-ring (bicyclic) bond motifs is 2. The molecule has 3 aromatic heterocycles. The van der Waals surface area contributed by atoms with E-state index in [1.165, 1.54) is 0 Å². The highest BCUT2D eigenvalue weighted by Crippen LogP contribution is 2.40. The molecule has 0 saturated carbocycles. The van der Waals surface area contributed by atoms with Crippen molar-refractivity contribution in [2.75, 3.05) is 5.32 Å². The number of hydrogen-bond acceptors (Lipinski definition) is 4. The highest BCUT2D eigenvalue weighted by atomic mass is 35.5. The lowest BCUT2D eigenvalue weighted by Gasteiger charge is -2.17. The lowest BCUT2D eigenvalue weighted by molar-refractivity contribution is -0.110. The Morgan fingerprint density at radius 3 is 2.86 bits per heavy atom. The minimum atomic E-state index is -0.635. The van der Waals surface area contributed by atoms with Crippen LogP contribution in [0.3, 0.4) is 0 Å². The number of benzene rings is 1. The van der Waals surface area contributed by atoms with Gasteiger partial charge in [0.05, 0.1) is 29.0 Å². The molecule has 4 aromatic rings. The van der Waals surface area contributed by atoms with Crippen LogP contribution in [0.15, 0.2) is 30.7 Å². The zero-order chi connectivity index (χ0) is 19.8. The molecule has 0 aliphatic carbocycles. The van der Waals surface area contributed by atoms with E-state index in [4.69, 9.17) is 11.6 Å². The van der Waals surface area contributed by atoms with Crippen molar-refractivity contribution in [2.45, 2.75) is 13.0 Å². The Morgan fingerprint density at radius 2 is 2.11 bits per heavy atom. The molecular weight excluding hydrogens is 387 g/mol. The molecule has 0 radical (unpaired) electrons. The molecule has 0 fully saturated rings. The van der Waals surface area contributed by atoms with Crippen molar-refractivity contribution in [3.8, 4) is 11.1 Å². The summed E-state index contributed by atoms with van der Waals surface area (Å²) in [6.45, 7) is 1.65. The van der Waals surface area contributed by atoms with Crippen LogP contribution in [-0.4, -0.2) is 32.4 Å². The minimum Gasteiger partial charge on any atom is -0.352 e. The molecule has 1 unspecified atom stereocenters. The Kier molecular flexibility index (Phi) is 4.44. The Morgan fingerprint density at radius 1 is 1.29 bits per heavy atom. The number of nitrogens with zero attached hydrogens (tertiary/aromatic N) is 3. The Hall–Kier alpha value is -3.46. The molecule has 0 bridgehead atoms. The number of pyridine rings is 1. The van der Waals surface area contributed by atoms with Gasteiger partial charge in [-0.2, -0.15) is 5.10 Å². The maximum absolute atomic E-state index is 15.1. The average molecular weight is 401 g/mol. The molecule has 0 saturated heterocycles. The van der Waals surface area contributed by atoms with E-state index >= 15 is 4.39 Å². The molecule has 1 aromatic carbocycles.